The average molecular weight is 550 g/mol. The Morgan fingerprint density at radius 3 is 2.74 bits per heavy atom. The van der Waals surface area contributed by atoms with Crippen molar-refractivity contribution < 1.29 is 14.7 Å². The molecule has 39 heavy (non-hydrogen) atoms. The number of nitrogens with zero attached hydrogens (tertiary/aromatic N) is 5. The summed E-state index contributed by atoms with van der Waals surface area (Å²) in [5.74, 6) is 0.612. The largest absolute Gasteiger partial charge is 0.394 e. The van der Waals surface area contributed by atoms with Crippen molar-refractivity contribution in [3.05, 3.63) is 64.4 Å². The van der Waals surface area contributed by atoms with Crippen molar-refractivity contribution in [3.63, 3.8) is 0 Å². The fraction of sp³-hybridized carbons (Fsp3) is 0.393. The van der Waals surface area contributed by atoms with Crippen LogP contribution in [-0.2, 0) is 11.3 Å². The number of carbonyl (C=O) groups is 2. The number of fused-ring (bicyclic) bond motifs is 1. The standard InChI is InChI=1S/C28H32ClN7O3/c1-35(2)24-9-5-8-22(32-24)23(16-37)33-25(38)15-36-14-18-11-10-17(12-20(18)27(36)39)26-21(29)13-30-28(34-26)31-19-6-3-4-7-19/h5,8-13,19,23,37H,3-4,6-7,14-16H2,1-2H3,(H,33,38)(H,30,31,34). The number of aromatic nitrogens is 3. The van der Waals surface area contributed by atoms with Gasteiger partial charge in [0.1, 0.15) is 12.4 Å². The van der Waals surface area contributed by atoms with Crippen LogP contribution < -0.4 is 15.5 Å². The molecule has 2 aliphatic rings. The third kappa shape index (κ3) is 5.97. The van der Waals surface area contributed by atoms with Gasteiger partial charge in [0.25, 0.3) is 5.91 Å². The van der Waals surface area contributed by atoms with Gasteiger partial charge in [-0.3, -0.25) is 9.59 Å². The van der Waals surface area contributed by atoms with E-state index < -0.39 is 6.04 Å². The first-order valence-electron chi connectivity index (χ1n) is 13.1. The SMILES string of the molecule is CN(C)c1cccc(C(CO)NC(=O)CN2Cc3ccc(-c4nc(NC5CCCC5)ncc4Cl)cc3C2=O)n1. The Hall–Kier alpha value is -3.76. The zero-order valence-electron chi connectivity index (χ0n) is 22.0. The summed E-state index contributed by atoms with van der Waals surface area (Å²) in [5.41, 5.74) is 3.14. The Morgan fingerprint density at radius 2 is 2.00 bits per heavy atom. The second-order valence-corrected chi connectivity index (χ2v) is 10.6. The number of amides is 2. The molecule has 5 rings (SSSR count). The Balaban J connectivity index is 1.27. The molecule has 2 aromatic heterocycles. The molecule has 2 amide bonds. The lowest BCUT2D eigenvalue weighted by Gasteiger charge is -2.21. The summed E-state index contributed by atoms with van der Waals surface area (Å²) in [6.07, 6.45) is 6.15. The number of pyridine rings is 1. The van der Waals surface area contributed by atoms with Crippen molar-refractivity contribution in [3.8, 4) is 11.3 Å². The summed E-state index contributed by atoms with van der Waals surface area (Å²) in [4.78, 5) is 42.9. The van der Waals surface area contributed by atoms with Gasteiger partial charge < -0.3 is 25.5 Å². The van der Waals surface area contributed by atoms with Crippen molar-refractivity contribution >= 4 is 35.2 Å². The van der Waals surface area contributed by atoms with Gasteiger partial charge in [-0.15, -0.1) is 0 Å². The smallest absolute Gasteiger partial charge is 0.254 e. The fourth-order valence-corrected chi connectivity index (χ4v) is 5.24. The zero-order chi connectivity index (χ0) is 27.5. The molecule has 1 aliphatic carbocycles. The second kappa shape index (κ2) is 11.5. The third-order valence-electron chi connectivity index (χ3n) is 7.12. The Kier molecular flexibility index (Phi) is 7.94. The number of nitrogens with one attached hydrogen (secondary N) is 2. The van der Waals surface area contributed by atoms with Crippen LogP contribution in [0, 0.1) is 0 Å². The molecule has 0 saturated heterocycles. The molecule has 3 aromatic rings. The molecule has 0 spiro atoms. The number of hydrogen-bond donors (Lipinski definition) is 3. The maximum atomic E-state index is 13.2. The van der Waals surface area contributed by atoms with Crippen LogP contribution in [-0.4, -0.2) is 70.1 Å². The number of carbonyl (C=O) groups excluding carboxylic acids is 2. The highest BCUT2D eigenvalue weighted by molar-refractivity contribution is 6.33. The van der Waals surface area contributed by atoms with E-state index in [2.05, 4.69) is 25.6 Å². The minimum Gasteiger partial charge on any atom is -0.394 e. The molecule has 204 valence electrons. The molecule has 1 saturated carbocycles. The Morgan fingerprint density at radius 1 is 1.21 bits per heavy atom. The first-order valence-corrected chi connectivity index (χ1v) is 13.5. The molecule has 1 fully saturated rings. The summed E-state index contributed by atoms with van der Waals surface area (Å²) < 4.78 is 0. The van der Waals surface area contributed by atoms with Gasteiger partial charge in [-0.05, 0) is 36.6 Å². The van der Waals surface area contributed by atoms with E-state index in [4.69, 9.17) is 11.6 Å². The minimum absolute atomic E-state index is 0.142. The van der Waals surface area contributed by atoms with Crippen molar-refractivity contribution in [1.82, 2.24) is 25.2 Å². The maximum Gasteiger partial charge on any atom is 0.254 e. The summed E-state index contributed by atoms with van der Waals surface area (Å²) >= 11 is 6.44. The number of halogens is 1. The monoisotopic (exact) mass is 549 g/mol. The number of benzene rings is 1. The summed E-state index contributed by atoms with van der Waals surface area (Å²) in [7, 11) is 3.73. The van der Waals surface area contributed by atoms with E-state index >= 15 is 0 Å². The maximum absolute atomic E-state index is 13.2. The van der Waals surface area contributed by atoms with Gasteiger partial charge in [-0.25, -0.2) is 15.0 Å². The zero-order valence-corrected chi connectivity index (χ0v) is 22.8. The van der Waals surface area contributed by atoms with E-state index in [1.54, 1.807) is 18.3 Å². The Labute approximate surface area is 232 Å². The highest BCUT2D eigenvalue weighted by atomic mass is 35.5. The first kappa shape index (κ1) is 26.8. The molecule has 3 N–H and O–H groups in total. The minimum atomic E-state index is -0.684. The predicted octanol–water partition coefficient (Wildman–Crippen LogP) is 3.42. The first-order chi connectivity index (χ1) is 18.8. The third-order valence-corrected chi connectivity index (χ3v) is 7.39. The normalized spacial score (nSPS) is 15.8. The van der Waals surface area contributed by atoms with Gasteiger partial charge in [-0.1, -0.05) is 42.6 Å². The number of anilines is 2. The van der Waals surface area contributed by atoms with Crippen molar-refractivity contribution in [1.29, 1.82) is 0 Å². The van der Waals surface area contributed by atoms with Crippen LogP contribution in [0.4, 0.5) is 11.8 Å². The van der Waals surface area contributed by atoms with Crippen LogP contribution in [0.15, 0.2) is 42.6 Å². The molecule has 0 bridgehead atoms. The lowest BCUT2D eigenvalue weighted by Crippen LogP contribution is -2.40. The molecular formula is C28H32ClN7O3. The Bertz CT molecular complexity index is 1380. The van der Waals surface area contributed by atoms with Gasteiger partial charge in [0.15, 0.2) is 0 Å². The van der Waals surface area contributed by atoms with Crippen molar-refractivity contribution in [2.75, 3.05) is 37.5 Å². The highest BCUT2D eigenvalue weighted by Gasteiger charge is 2.30. The molecule has 11 heteroatoms. The number of hydrogen-bond acceptors (Lipinski definition) is 8. The molecule has 1 aromatic carbocycles. The summed E-state index contributed by atoms with van der Waals surface area (Å²) in [5, 5.41) is 16.5. The number of rotatable bonds is 9. The number of aliphatic hydroxyl groups excluding tert-OH is 1. The van der Waals surface area contributed by atoms with Gasteiger partial charge in [-0.2, -0.15) is 0 Å². The van der Waals surface area contributed by atoms with Gasteiger partial charge in [0.05, 0.1) is 35.3 Å². The van der Waals surface area contributed by atoms with E-state index in [9.17, 15) is 14.7 Å². The van der Waals surface area contributed by atoms with Crippen LogP contribution in [0.5, 0.6) is 0 Å². The van der Waals surface area contributed by atoms with E-state index in [0.29, 0.717) is 51.9 Å². The summed E-state index contributed by atoms with van der Waals surface area (Å²) in [6.45, 7) is -0.146. The fourth-order valence-electron chi connectivity index (χ4n) is 5.04. The van der Waals surface area contributed by atoms with E-state index in [-0.39, 0.29) is 25.0 Å². The van der Waals surface area contributed by atoms with E-state index in [1.165, 1.54) is 17.7 Å². The molecule has 3 heterocycles. The van der Waals surface area contributed by atoms with Gasteiger partial charge in [0, 0.05) is 37.8 Å². The summed E-state index contributed by atoms with van der Waals surface area (Å²) in [6, 6.07) is 10.6. The predicted molar refractivity (Wildman–Crippen MR) is 150 cm³/mol. The van der Waals surface area contributed by atoms with Crippen molar-refractivity contribution in [2.45, 2.75) is 44.3 Å². The average Bonchev–Trinajstić information content (AvgIpc) is 3.56. The molecule has 1 unspecified atom stereocenters. The van der Waals surface area contributed by atoms with Crippen LogP contribution in [0.3, 0.4) is 0 Å². The van der Waals surface area contributed by atoms with Crippen LogP contribution in [0.2, 0.25) is 5.02 Å². The molecule has 10 nitrogen and oxygen atoms in total. The number of aliphatic hydroxyl groups is 1. The lowest BCUT2D eigenvalue weighted by molar-refractivity contribution is -0.122. The van der Waals surface area contributed by atoms with Crippen molar-refractivity contribution in [2.24, 2.45) is 0 Å². The van der Waals surface area contributed by atoms with E-state index in [1.807, 2.05) is 43.3 Å². The van der Waals surface area contributed by atoms with Crippen LogP contribution in [0.1, 0.15) is 53.3 Å². The van der Waals surface area contributed by atoms with E-state index in [0.717, 1.165) is 18.4 Å². The molecule has 1 aliphatic heterocycles. The highest BCUT2D eigenvalue weighted by Crippen LogP contribution is 2.32. The molecule has 0 radical (unpaired) electrons. The van der Waals surface area contributed by atoms with Gasteiger partial charge >= 0.3 is 0 Å². The van der Waals surface area contributed by atoms with Crippen LogP contribution in [0.25, 0.3) is 11.3 Å². The molecule has 1 atom stereocenters. The topological polar surface area (TPSA) is 124 Å². The van der Waals surface area contributed by atoms with Gasteiger partial charge in [0.2, 0.25) is 11.9 Å². The molecular weight excluding hydrogens is 518 g/mol. The van der Waals surface area contributed by atoms with Crippen LogP contribution >= 0.6 is 11.6 Å². The quantitative estimate of drug-likeness (QED) is 0.371. The second-order valence-electron chi connectivity index (χ2n) is 10.2. The lowest BCUT2D eigenvalue weighted by atomic mass is 10.0.